The van der Waals surface area contributed by atoms with Gasteiger partial charge in [0.2, 0.25) is 5.91 Å². The van der Waals surface area contributed by atoms with Gasteiger partial charge in [0.1, 0.15) is 6.61 Å². The van der Waals surface area contributed by atoms with E-state index < -0.39 is 32.5 Å². The van der Waals surface area contributed by atoms with Crippen molar-refractivity contribution in [2.45, 2.75) is 297 Å². The Morgan fingerprint density at radius 3 is 1.14 bits per heavy atom. The molecular formula is C59H110NO9P. The van der Waals surface area contributed by atoms with Crippen molar-refractivity contribution in [3.8, 4) is 0 Å². The molecule has 0 aliphatic rings. The number of carbonyl (C=O) groups excluding carboxylic acids is 3. The summed E-state index contributed by atoms with van der Waals surface area (Å²) in [6, 6.07) is 0. The second-order valence-corrected chi connectivity index (χ2v) is 21.2. The van der Waals surface area contributed by atoms with Crippen molar-refractivity contribution >= 4 is 25.7 Å². The third-order valence-electron chi connectivity index (χ3n) is 12.8. The molecule has 70 heavy (non-hydrogen) atoms. The molecule has 0 radical (unpaired) electrons. The maximum absolute atomic E-state index is 12.8. The van der Waals surface area contributed by atoms with Gasteiger partial charge in [-0.1, -0.05) is 211 Å². The first kappa shape index (κ1) is 67.7. The number of ether oxygens (including phenoxy) is 2. The van der Waals surface area contributed by atoms with E-state index in [-0.39, 0.29) is 38.5 Å². The molecule has 1 unspecified atom stereocenters. The van der Waals surface area contributed by atoms with E-state index in [1.807, 2.05) is 0 Å². The molecule has 0 heterocycles. The summed E-state index contributed by atoms with van der Waals surface area (Å²) in [6.07, 6.45) is 59.3. The van der Waals surface area contributed by atoms with Crippen LogP contribution in [0, 0.1) is 0 Å². The molecule has 0 fully saturated rings. The van der Waals surface area contributed by atoms with Gasteiger partial charge in [-0.15, -0.1) is 0 Å². The Morgan fingerprint density at radius 2 is 0.757 bits per heavy atom. The van der Waals surface area contributed by atoms with Gasteiger partial charge in [0.15, 0.2) is 6.10 Å². The van der Waals surface area contributed by atoms with Crippen molar-refractivity contribution in [1.82, 2.24) is 5.32 Å². The Morgan fingerprint density at radius 1 is 0.429 bits per heavy atom. The highest BCUT2D eigenvalue weighted by Crippen LogP contribution is 2.43. The molecule has 0 aliphatic heterocycles. The maximum Gasteiger partial charge on any atom is 0.472 e. The van der Waals surface area contributed by atoms with Gasteiger partial charge in [-0.2, -0.15) is 0 Å². The minimum atomic E-state index is -4.55. The summed E-state index contributed by atoms with van der Waals surface area (Å²) in [5.41, 5.74) is 0. The fourth-order valence-corrected chi connectivity index (χ4v) is 9.06. The second-order valence-electron chi connectivity index (χ2n) is 19.7. The quantitative estimate of drug-likeness (QED) is 0.0264. The van der Waals surface area contributed by atoms with Gasteiger partial charge in [0.05, 0.1) is 13.2 Å². The molecule has 0 aliphatic carbocycles. The average Bonchev–Trinajstić information content (AvgIpc) is 3.34. The minimum absolute atomic E-state index is 0.0557. The molecule has 0 saturated heterocycles. The van der Waals surface area contributed by atoms with E-state index >= 15 is 0 Å². The molecule has 2 N–H and O–H groups in total. The molecule has 0 aromatic rings. The summed E-state index contributed by atoms with van der Waals surface area (Å²) in [5.74, 6) is -1.00. The smallest absolute Gasteiger partial charge is 0.462 e. The van der Waals surface area contributed by atoms with E-state index in [1.54, 1.807) is 0 Å². The molecule has 0 rings (SSSR count). The topological polar surface area (TPSA) is 137 Å². The normalized spacial score (nSPS) is 13.1. The zero-order valence-electron chi connectivity index (χ0n) is 45.7. The number of phosphoric ester groups is 1. The van der Waals surface area contributed by atoms with Gasteiger partial charge in [0.25, 0.3) is 0 Å². The molecule has 10 nitrogen and oxygen atoms in total. The number of nitrogens with one attached hydrogen (secondary N) is 1. The van der Waals surface area contributed by atoms with Crippen LogP contribution in [0.3, 0.4) is 0 Å². The minimum Gasteiger partial charge on any atom is -0.462 e. The first-order valence-corrected chi connectivity index (χ1v) is 30.9. The van der Waals surface area contributed by atoms with Crippen LogP contribution in [0.2, 0.25) is 0 Å². The highest BCUT2D eigenvalue weighted by atomic mass is 31.2. The summed E-state index contributed by atoms with van der Waals surface area (Å²) in [5, 5.41) is 2.74. The Hall–Kier alpha value is -2.26. The number of phosphoric acid groups is 1. The van der Waals surface area contributed by atoms with Crippen LogP contribution < -0.4 is 5.32 Å². The third-order valence-corrected chi connectivity index (χ3v) is 13.8. The number of unbranched alkanes of at least 4 members (excludes halogenated alkanes) is 33. The van der Waals surface area contributed by atoms with Crippen molar-refractivity contribution in [1.29, 1.82) is 0 Å². The lowest BCUT2D eigenvalue weighted by Gasteiger charge is -2.20. The summed E-state index contributed by atoms with van der Waals surface area (Å²) in [6.45, 7) is 5.82. The molecule has 0 saturated carbocycles. The van der Waals surface area contributed by atoms with Gasteiger partial charge >= 0.3 is 19.8 Å². The standard InChI is InChI=1S/C59H110NO9P/c1-4-7-10-13-16-19-22-25-28-31-34-37-40-43-46-49-57(61)60-52-53-67-70(64,65)68-55-56(69-59(63)51-48-45-42-39-36-33-30-27-24-21-18-15-12-9-6-3)54-66-58(62)50-47-44-41-38-35-32-29-26-23-20-17-14-11-8-5-2/h25-30,56H,4-24,31-55H2,1-3H3,(H,60,61)(H,64,65)/b28-25-,29-26-,30-27-/t56-/m1/s1. The monoisotopic (exact) mass is 1010 g/mol. The number of amides is 1. The zero-order valence-corrected chi connectivity index (χ0v) is 46.6. The van der Waals surface area contributed by atoms with Crippen LogP contribution in [-0.2, 0) is 37.5 Å². The van der Waals surface area contributed by atoms with Crippen molar-refractivity contribution in [2.75, 3.05) is 26.4 Å². The van der Waals surface area contributed by atoms with Crippen LogP contribution in [0.15, 0.2) is 36.5 Å². The first-order chi connectivity index (χ1) is 34.2. The Bertz CT molecular complexity index is 1300. The van der Waals surface area contributed by atoms with E-state index in [9.17, 15) is 23.8 Å². The van der Waals surface area contributed by atoms with Gasteiger partial charge in [-0.05, 0) is 96.3 Å². The lowest BCUT2D eigenvalue weighted by molar-refractivity contribution is -0.161. The van der Waals surface area contributed by atoms with Crippen LogP contribution in [0.1, 0.15) is 290 Å². The summed E-state index contributed by atoms with van der Waals surface area (Å²) < 4.78 is 34.1. The van der Waals surface area contributed by atoms with E-state index in [0.717, 1.165) is 96.3 Å². The SMILES string of the molecule is CCCCCCCC/C=C\CCCCCCCC(=O)NCCOP(=O)(O)OC[C@@H](COC(=O)CCCCCCC/C=C\CCCCCCCC)OC(=O)CCCCCCC/C=C\CCCCCCCC. The molecule has 1 amide bonds. The Balaban J connectivity index is 4.53. The molecule has 0 aromatic carbocycles. The van der Waals surface area contributed by atoms with E-state index in [4.69, 9.17) is 18.5 Å². The largest absolute Gasteiger partial charge is 0.472 e. The molecule has 2 atom stereocenters. The number of hydrogen-bond acceptors (Lipinski definition) is 8. The summed E-state index contributed by atoms with van der Waals surface area (Å²) in [4.78, 5) is 48.2. The van der Waals surface area contributed by atoms with Crippen LogP contribution >= 0.6 is 7.82 Å². The van der Waals surface area contributed by atoms with Crippen molar-refractivity contribution in [2.24, 2.45) is 0 Å². The lowest BCUT2D eigenvalue weighted by atomic mass is 10.1. The van der Waals surface area contributed by atoms with Crippen LogP contribution in [0.5, 0.6) is 0 Å². The number of carbonyl (C=O) groups is 3. The molecule has 11 heteroatoms. The Labute approximate surface area is 431 Å². The number of rotatable bonds is 55. The van der Waals surface area contributed by atoms with Crippen LogP contribution in [-0.4, -0.2) is 55.2 Å². The molecule has 0 spiro atoms. The van der Waals surface area contributed by atoms with Crippen LogP contribution in [0.4, 0.5) is 0 Å². The number of allylic oxidation sites excluding steroid dienone is 6. The van der Waals surface area contributed by atoms with Gasteiger partial charge in [0, 0.05) is 25.8 Å². The highest BCUT2D eigenvalue weighted by Gasteiger charge is 2.26. The fourth-order valence-electron chi connectivity index (χ4n) is 8.31. The van der Waals surface area contributed by atoms with Crippen LogP contribution in [0.25, 0.3) is 0 Å². The predicted octanol–water partition coefficient (Wildman–Crippen LogP) is 17.8. The predicted molar refractivity (Wildman–Crippen MR) is 294 cm³/mol. The van der Waals surface area contributed by atoms with Gasteiger partial charge in [-0.3, -0.25) is 23.4 Å². The second kappa shape index (κ2) is 54.5. The molecular weight excluding hydrogens is 898 g/mol. The van der Waals surface area contributed by atoms with Gasteiger partial charge < -0.3 is 19.7 Å². The first-order valence-electron chi connectivity index (χ1n) is 29.4. The lowest BCUT2D eigenvalue weighted by Crippen LogP contribution is -2.30. The molecule has 410 valence electrons. The van der Waals surface area contributed by atoms with Crippen molar-refractivity contribution < 1.29 is 42.4 Å². The molecule has 0 aromatic heterocycles. The number of hydrogen-bond donors (Lipinski definition) is 2. The zero-order chi connectivity index (χ0) is 51.1. The Kier molecular flexibility index (Phi) is 52.8. The van der Waals surface area contributed by atoms with Crippen molar-refractivity contribution in [3.63, 3.8) is 0 Å². The van der Waals surface area contributed by atoms with E-state index in [1.165, 1.54) is 141 Å². The highest BCUT2D eigenvalue weighted by molar-refractivity contribution is 7.47. The fraction of sp³-hybridized carbons (Fsp3) is 0.847. The van der Waals surface area contributed by atoms with Gasteiger partial charge in [-0.25, -0.2) is 4.57 Å². The summed E-state index contributed by atoms with van der Waals surface area (Å²) in [7, 11) is -4.55. The maximum atomic E-state index is 12.8. The molecule has 0 bridgehead atoms. The van der Waals surface area contributed by atoms with E-state index in [2.05, 4.69) is 62.5 Å². The average molecular weight is 1010 g/mol. The third kappa shape index (κ3) is 53.5. The van der Waals surface area contributed by atoms with Crippen molar-refractivity contribution in [3.05, 3.63) is 36.5 Å². The number of esters is 2. The summed E-state index contributed by atoms with van der Waals surface area (Å²) >= 11 is 0. The van der Waals surface area contributed by atoms with E-state index in [0.29, 0.717) is 19.3 Å².